The molecule has 4 aliphatic rings. The van der Waals surface area contributed by atoms with Crippen LogP contribution in [-0.2, 0) is 0 Å². The molecule has 120 valence electrons. The first-order valence-corrected chi connectivity index (χ1v) is 9.38. The SMILES string of the molecule is C[C@@H]1CC[C@H]2C[C@H]3[C@]4(C)CC[C@@H]4[C@](C)(O)CC[C@@]13C2(C)C. The van der Waals surface area contributed by atoms with Crippen molar-refractivity contribution in [3.05, 3.63) is 0 Å². The second-order valence-electron chi connectivity index (χ2n) is 10.2. The Labute approximate surface area is 130 Å². The highest BCUT2D eigenvalue weighted by atomic mass is 16.3. The van der Waals surface area contributed by atoms with Crippen LogP contribution in [0.4, 0.5) is 0 Å². The monoisotopic (exact) mass is 290 g/mol. The van der Waals surface area contributed by atoms with Gasteiger partial charge in [-0.1, -0.05) is 27.7 Å². The largest absolute Gasteiger partial charge is 0.390 e. The van der Waals surface area contributed by atoms with Gasteiger partial charge in [-0.15, -0.1) is 0 Å². The van der Waals surface area contributed by atoms with Crippen LogP contribution in [0, 0.1) is 39.9 Å². The highest BCUT2D eigenvalue weighted by molar-refractivity contribution is 5.21. The molecule has 0 aromatic heterocycles. The molecular weight excluding hydrogens is 256 g/mol. The van der Waals surface area contributed by atoms with E-state index < -0.39 is 5.60 Å². The quantitative estimate of drug-likeness (QED) is 0.663. The Morgan fingerprint density at radius 2 is 1.57 bits per heavy atom. The summed E-state index contributed by atoms with van der Waals surface area (Å²) < 4.78 is 0. The number of fused-ring (bicyclic) bond motifs is 3. The van der Waals surface area contributed by atoms with E-state index in [4.69, 9.17) is 0 Å². The zero-order valence-corrected chi connectivity index (χ0v) is 14.7. The van der Waals surface area contributed by atoms with E-state index in [1.807, 2.05) is 0 Å². The van der Waals surface area contributed by atoms with Gasteiger partial charge in [0.2, 0.25) is 0 Å². The van der Waals surface area contributed by atoms with Crippen molar-refractivity contribution in [3.8, 4) is 0 Å². The molecule has 0 unspecified atom stereocenters. The summed E-state index contributed by atoms with van der Waals surface area (Å²) in [5.41, 5.74) is 0.947. The van der Waals surface area contributed by atoms with Crippen molar-refractivity contribution in [3.63, 3.8) is 0 Å². The van der Waals surface area contributed by atoms with Crippen molar-refractivity contribution < 1.29 is 5.11 Å². The van der Waals surface area contributed by atoms with Crippen LogP contribution in [-0.4, -0.2) is 10.7 Å². The predicted molar refractivity (Wildman–Crippen MR) is 86.9 cm³/mol. The third kappa shape index (κ3) is 1.44. The summed E-state index contributed by atoms with van der Waals surface area (Å²) in [6, 6.07) is 0. The molecule has 21 heavy (non-hydrogen) atoms. The molecule has 4 saturated carbocycles. The zero-order chi connectivity index (χ0) is 15.3. The Morgan fingerprint density at radius 3 is 2.19 bits per heavy atom. The van der Waals surface area contributed by atoms with E-state index in [-0.39, 0.29) is 0 Å². The molecule has 0 aromatic rings. The molecule has 0 saturated heterocycles. The Hall–Kier alpha value is -0.0400. The molecule has 0 amide bonds. The molecule has 4 aliphatic carbocycles. The molecular formula is C20H34O. The van der Waals surface area contributed by atoms with Gasteiger partial charge in [-0.2, -0.15) is 0 Å². The van der Waals surface area contributed by atoms with Gasteiger partial charge in [0.05, 0.1) is 5.60 Å². The molecule has 1 spiro atoms. The molecule has 0 heterocycles. The van der Waals surface area contributed by atoms with Gasteiger partial charge in [0.15, 0.2) is 0 Å². The fourth-order valence-corrected chi connectivity index (χ4v) is 8.20. The summed E-state index contributed by atoms with van der Waals surface area (Å²) in [5, 5.41) is 11.1. The van der Waals surface area contributed by atoms with Gasteiger partial charge < -0.3 is 5.11 Å². The molecule has 7 atom stereocenters. The number of hydrogen-bond acceptors (Lipinski definition) is 1. The first-order chi connectivity index (χ1) is 9.66. The first kappa shape index (κ1) is 14.5. The summed E-state index contributed by atoms with van der Waals surface area (Å²) in [6.07, 6.45) is 9.23. The maximum absolute atomic E-state index is 11.1. The van der Waals surface area contributed by atoms with Gasteiger partial charge in [-0.05, 0) is 91.8 Å². The highest BCUT2D eigenvalue weighted by Gasteiger charge is 2.72. The maximum Gasteiger partial charge on any atom is 0.0653 e. The van der Waals surface area contributed by atoms with Crippen LogP contribution < -0.4 is 0 Å². The van der Waals surface area contributed by atoms with Crippen LogP contribution in [0.25, 0.3) is 0 Å². The van der Waals surface area contributed by atoms with Crippen LogP contribution in [0.3, 0.4) is 0 Å². The lowest BCUT2D eigenvalue weighted by Crippen LogP contribution is -2.56. The number of hydrogen-bond donors (Lipinski definition) is 1. The smallest absolute Gasteiger partial charge is 0.0653 e. The Bertz CT molecular complexity index is 464. The average molecular weight is 290 g/mol. The summed E-state index contributed by atoms with van der Waals surface area (Å²) in [7, 11) is 0. The molecule has 4 fully saturated rings. The van der Waals surface area contributed by atoms with E-state index >= 15 is 0 Å². The Morgan fingerprint density at radius 1 is 0.857 bits per heavy atom. The molecule has 0 aliphatic heterocycles. The Kier molecular flexibility index (Phi) is 2.69. The molecule has 1 nitrogen and oxygen atoms in total. The van der Waals surface area contributed by atoms with E-state index in [2.05, 4.69) is 34.6 Å². The van der Waals surface area contributed by atoms with Crippen LogP contribution in [0.2, 0.25) is 0 Å². The van der Waals surface area contributed by atoms with Gasteiger partial charge >= 0.3 is 0 Å². The van der Waals surface area contributed by atoms with Crippen molar-refractivity contribution >= 4 is 0 Å². The number of aliphatic hydroxyl groups is 1. The van der Waals surface area contributed by atoms with Crippen LogP contribution in [0.1, 0.15) is 79.6 Å². The third-order valence-electron chi connectivity index (χ3n) is 9.55. The van der Waals surface area contributed by atoms with E-state index in [9.17, 15) is 5.11 Å². The molecule has 4 rings (SSSR count). The van der Waals surface area contributed by atoms with Crippen molar-refractivity contribution in [2.24, 2.45) is 39.9 Å². The van der Waals surface area contributed by atoms with Crippen molar-refractivity contribution in [1.29, 1.82) is 0 Å². The zero-order valence-electron chi connectivity index (χ0n) is 14.7. The average Bonchev–Trinajstić information content (AvgIpc) is 2.45. The van der Waals surface area contributed by atoms with Crippen molar-refractivity contribution in [2.75, 3.05) is 0 Å². The normalized spacial score (nSPS) is 61.4. The van der Waals surface area contributed by atoms with Gasteiger partial charge in [0.25, 0.3) is 0 Å². The van der Waals surface area contributed by atoms with E-state index in [1.54, 1.807) is 0 Å². The Balaban J connectivity index is 1.87. The minimum Gasteiger partial charge on any atom is -0.390 e. The second kappa shape index (κ2) is 3.89. The maximum atomic E-state index is 11.1. The first-order valence-electron chi connectivity index (χ1n) is 9.38. The molecule has 2 bridgehead atoms. The molecule has 1 heteroatoms. The van der Waals surface area contributed by atoms with Crippen molar-refractivity contribution in [1.82, 2.24) is 0 Å². The number of rotatable bonds is 0. The van der Waals surface area contributed by atoms with E-state index in [1.165, 1.54) is 38.5 Å². The van der Waals surface area contributed by atoms with Gasteiger partial charge in [0.1, 0.15) is 0 Å². The minimum absolute atomic E-state index is 0.407. The van der Waals surface area contributed by atoms with Gasteiger partial charge in [-0.25, -0.2) is 0 Å². The molecule has 1 N–H and O–H groups in total. The lowest BCUT2D eigenvalue weighted by atomic mass is 9.44. The standard InChI is InChI=1S/C20H34O/c1-13-6-7-14-12-16-18(4)9-8-15(18)19(5,21)10-11-20(13,16)17(14,2)3/h13-16,21H,6-12H2,1-5H3/t13-,14+,15+,16+,18-,19-,20-/m1/s1. The van der Waals surface area contributed by atoms with Crippen LogP contribution in [0.15, 0.2) is 0 Å². The van der Waals surface area contributed by atoms with Gasteiger partial charge in [-0.3, -0.25) is 0 Å². The second-order valence-corrected chi connectivity index (χ2v) is 10.2. The summed E-state index contributed by atoms with van der Waals surface area (Å²) in [6.45, 7) is 12.4. The predicted octanol–water partition coefficient (Wildman–Crippen LogP) is 5.03. The fourth-order valence-electron chi connectivity index (χ4n) is 8.20. The summed E-state index contributed by atoms with van der Waals surface area (Å²) in [4.78, 5) is 0. The van der Waals surface area contributed by atoms with E-state index in [0.717, 1.165) is 24.2 Å². The summed E-state index contributed by atoms with van der Waals surface area (Å²) >= 11 is 0. The third-order valence-corrected chi connectivity index (χ3v) is 9.55. The van der Waals surface area contributed by atoms with Crippen LogP contribution in [0.5, 0.6) is 0 Å². The van der Waals surface area contributed by atoms with Crippen molar-refractivity contribution in [2.45, 2.75) is 85.2 Å². The fraction of sp³-hybridized carbons (Fsp3) is 1.00. The van der Waals surface area contributed by atoms with Crippen LogP contribution >= 0.6 is 0 Å². The summed E-state index contributed by atoms with van der Waals surface area (Å²) in [5.74, 6) is 3.18. The lowest BCUT2D eigenvalue weighted by Gasteiger charge is -2.61. The minimum atomic E-state index is -0.422. The highest BCUT2D eigenvalue weighted by Crippen LogP contribution is 2.78. The molecule has 0 radical (unpaired) electrons. The topological polar surface area (TPSA) is 20.2 Å². The van der Waals surface area contributed by atoms with E-state index in [0.29, 0.717) is 22.2 Å². The van der Waals surface area contributed by atoms with Gasteiger partial charge in [0, 0.05) is 0 Å². The lowest BCUT2D eigenvalue weighted by molar-refractivity contribution is -0.151. The molecule has 0 aromatic carbocycles.